The summed E-state index contributed by atoms with van der Waals surface area (Å²) in [5.41, 5.74) is 1.86. The number of carboxylic acids is 1. The van der Waals surface area contributed by atoms with Gasteiger partial charge in [0.1, 0.15) is 4.83 Å². The number of rotatable bonds is 3. The maximum atomic E-state index is 13.0. The number of fused-ring (bicyclic) bond motifs is 1. The van der Waals surface area contributed by atoms with Gasteiger partial charge in [-0.1, -0.05) is 30.3 Å². The van der Waals surface area contributed by atoms with Crippen molar-refractivity contribution in [1.29, 1.82) is 0 Å². The van der Waals surface area contributed by atoms with E-state index in [1.54, 1.807) is 9.58 Å². The summed E-state index contributed by atoms with van der Waals surface area (Å²) >= 11 is 1.41. The molecule has 4 rings (SSSR count). The van der Waals surface area contributed by atoms with Crippen molar-refractivity contribution in [2.24, 2.45) is 13.0 Å². The summed E-state index contributed by atoms with van der Waals surface area (Å²) in [7, 11) is 1.86. The number of likely N-dealkylation sites (tertiary alicyclic amines) is 1. The number of carbonyl (C=O) groups is 2. The van der Waals surface area contributed by atoms with Crippen molar-refractivity contribution in [3.63, 3.8) is 0 Å². The summed E-state index contributed by atoms with van der Waals surface area (Å²) in [6.07, 6.45) is 0. The highest BCUT2D eigenvalue weighted by Gasteiger charge is 2.41. The maximum Gasteiger partial charge on any atom is 0.308 e. The molecule has 1 saturated heterocycles. The van der Waals surface area contributed by atoms with Crippen LogP contribution in [0.4, 0.5) is 0 Å². The fourth-order valence-corrected chi connectivity index (χ4v) is 4.82. The van der Waals surface area contributed by atoms with Crippen molar-refractivity contribution in [1.82, 2.24) is 14.7 Å². The van der Waals surface area contributed by atoms with Gasteiger partial charge in [-0.2, -0.15) is 5.10 Å². The zero-order chi connectivity index (χ0) is 18.4. The van der Waals surface area contributed by atoms with Gasteiger partial charge >= 0.3 is 5.97 Å². The monoisotopic (exact) mass is 369 g/mol. The van der Waals surface area contributed by atoms with Gasteiger partial charge in [0.2, 0.25) is 0 Å². The number of carbonyl (C=O) groups excluding carboxylic acids is 1. The van der Waals surface area contributed by atoms with Crippen LogP contribution in [0.5, 0.6) is 0 Å². The van der Waals surface area contributed by atoms with Gasteiger partial charge in [-0.05, 0) is 18.6 Å². The van der Waals surface area contributed by atoms with Crippen LogP contribution in [0.3, 0.4) is 0 Å². The lowest BCUT2D eigenvalue weighted by Crippen LogP contribution is -2.29. The number of hydrogen-bond donors (Lipinski definition) is 1. The Morgan fingerprint density at radius 3 is 2.62 bits per heavy atom. The van der Waals surface area contributed by atoms with E-state index in [1.807, 2.05) is 50.4 Å². The highest BCUT2D eigenvalue weighted by atomic mass is 32.1. The van der Waals surface area contributed by atoms with Crippen LogP contribution in [0.2, 0.25) is 0 Å². The minimum Gasteiger partial charge on any atom is -0.481 e. The molecular formula is C19H19N3O3S. The number of aryl methyl sites for hydroxylation is 2. The Morgan fingerprint density at radius 1 is 1.23 bits per heavy atom. The molecule has 0 spiro atoms. The first kappa shape index (κ1) is 16.8. The topological polar surface area (TPSA) is 75.4 Å². The molecule has 1 aromatic carbocycles. The summed E-state index contributed by atoms with van der Waals surface area (Å²) in [5.74, 6) is -1.73. The van der Waals surface area contributed by atoms with Crippen LogP contribution in [0.15, 0.2) is 36.4 Å². The molecule has 26 heavy (non-hydrogen) atoms. The van der Waals surface area contributed by atoms with E-state index in [2.05, 4.69) is 5.10 Å². The lowest BCUT2D eigenvalue weighted by molar-refractivity contribution is -0.141. The molecular weight excluding hydrogens is 350 g/mol. The molecule has 1 fully saturated rings. The van der Waals surface area contributed by atoms with E-state index >= 15 is 0 Å². The number of carboxylic acid groups (broad SMARTS) is 1. The zero-order valence-electron chi connectivity index (χ0n) is 14.5. The quantitative estimate of drug-likeness (QED) is 0.770. The van der Waals surface area contributed by atoms with Gasteiger partial charge in [0.25, 0.3) is 5.91 Å². The summed E-state index contributed by atoms with van der Waals surface area (Å²) in [6, 6.07) is 11.5. The van der Waals surface area contributed by atoms with Gasteiger partial charge in [-0.25, -0.2) is 0 Å². The van der Waals surface area contributed by atoms with Crippen LogP contribution in [0, 0.1) is 12.8 Å². The second-order valence-corrected chi connectivity index (χ2v) is 7.74. The van der Waals surface area contributed by atoms with Crippen molar-refractivity contribution in [2.45, 2.75) is 12.8 Å². The summed E-state index contributed by atoms with van der Waals surface area (Å²) in [5, 5.41) is 15.0. The average Bonchev–Trinajstić information content (AvgIpc) is 3.32. The van der Waals surface area contributed by atoms with Gasteiger partial charge in [0, 0.05) is 31.4 Å². The van der Waals surface area contributed by atoms with Crippen LogP contribution < -0.4 is 0 Å². The lowest BCUT2D eigenvalue weighted by atomic mass is 9.89. The molecule has 0 radical (unpaired) electrons. The van der Waals surface area contributed by atoms with Crippen LogP contribution in [0.25, 0.3) is 10.2 Å². The van der Waals surface area contributed by atoms with Crippen molar-refractivity contribution in [2.75, 3.05) is 13.1 Å². The number of nitrogens with zero attached hydrogens (tertiary/aromatic N) is 3. The SMILES string of the molecule is Cc1nn(C)c2sc(C(=O)N3C[C@H](C(=O)O)[C@H](c4ccccc4)C3)cc12. The molecule has 1 amide bonds. The largest absolute Gasteiger partial charge is 0.481 e. The van der Waals surface area contributed by atoms with Gasteiger partial charge in [-0.15, -0.1) is 11.3 Å². The van der Waals surface area contributed by atoms with E-state index < -0.39 is 11.9 Å². The first-order valence-corrected chi connectivity index (χ1v) is 9.27. The third kappa shape index (κ3) is 2.68. The number of thiophene rings is 1. The fourth-order valence-electron chi connectivity index (χ4n) is 3.72. The Labute approximate surface area is 154 Å². The molecule has 1 N–H and O–H groups in total. The molecule has 134 valence electrons. The minimum absolute atomic E-state index is 0.102. The molecule has 7 heteroatoms. The van der Waals surface area contributed by atoms with E-state index in [4.69, 9.17) is 0 Å². The van der Waals surface area contributed by atoms with Crippen LogP contribution in [0.1, 0.15) is 26.8 Å². The lowest BCUT2D eigenvalue weighted by Gasteiger charge is -2.15. The van der Waals surface area contributed by atoms with Crippen LogP contribution in [-0.2, 0) is 11.8 Å². The average molecular weight is 369 g/mol. The van der Waals surface area contributed by atoms with Crippen LogP contribution in [-0.4, -0.2) is 44.8 Å². The molecule has 2 atom stereocenters. The molecule has 0 unspecified atom stereocenters. The fraction of sp³-hybridized carbons (Fsp3) is 0.316. The van der Waals surface area contributed by atoms with E-state index in [-0.39, 0.29) is 18.4 Å². The summed E-state index contributed by atoms with van der Waals surface area (Å²) in [4.78, 5) is 28.0. The second kappa shape index (κ2) is 6.25. The summed E-state index contributed by atoms with van der Waals surface area (Å²) < 4.78 is 1.78. The Kier molecular flexibility index (Phi) is 4.03. The molecule has 1 aliphatic heterocycles. The number of hydrogen-bond acceptors (Lipinski definition) is 4. The first-order chi connectivity index (χ1) is 12.5. The number of amides is 1. The predicted octanol–water partition coefficient (Wildman–Crippen LogP) is 2.88. The Morgan fingerprint density at radius 2 is 1.96 bits per heavy atom. The van der Waals surface area contributed by atoms with Crippen LogP contribution >= 0.6 is 11.3 Å². The standard InChI is InChI=1S/C19H19N3O3S/c1-11-13-8-16(26-18(13)21(2)20-11)17(23)22-9-14(15(10-22)19(24)25)12-6-4-3-5-7-12/h3-8,14-15H,9-10H2,1-2H3,(H,24,25)/t14-,15-/m0/s1. The van der Waals surface area contributed by atoms with Crippen molar-refractivity contribution in [3.05, 3.63) is 52.5 Å². The van der Waals surface area contributed by atoms with Crippen molar-refractivity contribution in [3.8, 4) is 0 Å². The third-order valence-electron chi connectivity index (χ3n) is 5.06. The van der Waals surface area contributed by atoms with E-state index in [0.717, 1.165) is 21.5 Å². The number of aliphatic carboxylic acids is 1. The second-order valence-electron chi connectivity index (χ2n) is 6.71. The zero-order valence-corrected chi connectivity index (χ0v) is 15.4. The Bertz CT molecular complexity index is 958. The highest BCUT2D eigenvalue weighted by molar-refractivity contribution is 7.20. The smallest absolute Gasteiger partial charge is 0.308 e. The van der Waals surface area contributed by atoms with Gasteiger partial charge < -0.3 is 10.0 Å². The number of aromatic nitrogens is 2. The van der Waals surface area contributed by atoms with Crippen molar-refractivity contribution >= 4 is 33.4 Å². The molecule has 0 aliphatic carbocycles. The van der Waals surface area contributed by atoms with E-state index in [0.29, 0.717) is 11.4 Å². The molecule has 3 aromatic rings. The van der Waals surface area contributed by atoms with Crippen molar-refractivity contribution < 1.29 is 14.7 Å². The maximum absolute atomic E-state index is 13.0. The number of benzene rings is 1. The normalized spacial score (nSPS) is 20.0. The molecule has 6 nitrogen and oxygen atoms in total. The molecule has 1 aliphatic rings. The molecule has 0 saturated carbocycles. The van der Waals surface area contributed by atoms with E-state index in [9.17, 15) is 14.7 Å². The molecule has 2 aromatic heterocycles. The Balaban J connectivity index is 1.63. The molecule has 3 heterocycles. The Hall–Kier alpha value is -2.67. The highest BCUT2D eigenvalue weighted by Crippen LogP contribution is 2.35. The van der Waals surface area contributed by atoms with Gasteiger partial charge in [0.15, 0.2) is 0 Å². The third-order valence-corrected chi connectivity index (χ3v) is 6.25. The van der Waals surface area contributed by atoms with Gasteiger partial charge in [-0.3, -0.25) is 14.3 Å². The predicted molar refractivity (Wildman–Crippen MR) is 99.5 cm³/mol. The summed E-state index contributed by atoms with van der Waals surface area (Å²) in [6.45, 7) is 2.58. The molecule has 0 bridgehead atoms. The first-order valence-electron chi connectivity index (χ1n) is 8.46. The van der Waals surface area contributed by atoms with Gasteiger partial charge in [0.05, 0.1) is 16.5 Å². The minimum atomic E-state index is -0.856. The van der Waals surface area contributed by atoms with E-state index in [1.165, 1.54) is 11.3 Å².